The van der Waals surface area contributed by atoms with Crippen LogP contribution in [0.3, 0.4) is 0 Å². The first-order chi connectivity index (χ1) is 67.2. The van der Waals surface area contributed by atoms with Gasteiger partial charge in [0, 0.05) is 215 Å². The smallest absolute Gasteiger partial charge is 0.336 e. The first-order valence-electron chi connectivity index (χ1n) is 45.3. The second-order valence-electron chi connectivity index (χ2n) is 33.9. The fraction of sp³-hybridized carbons (Fsp3) is 0.289. The second-order valence-corrected chi connectivity index (χ2v) is 34.3. The van der Waals surface area contributed by atoms with E-state index in [2.05, 4.69) is 100 Å². The number of phenolic OH excluding ortho intramolecular Hbond substituents is 1. The maximum Gasteiger partial charge on any atom is 0.336 e. The van der Waals surface area contributed by atoms with E-state index in [1.807, 2.05) is 31.4 Å². The molecule has 42 nitrogen and oxygen atoms in total. The summed E-state index contributed by atoms with van der Waals surface area (Å²) in [7, 11) is 13.3. The Morgan fingerprint density at radius 2 is 0.943 bits per heavy atom. The molecule has 0 fully saturated rings. The molecule has 12 aromatic rings. The summed E-state index contributed by atoms with van der Waals surface area (Å²) in [4.78, 5) is 191. The van der Waals surface area contributed by atoms with Crippen molar-refractivity contribution in [2.75, 3.05) is 95.4 Å². The molecular weight excluding hydrogens is 1820 g/mol. The van der Waals surface area contributed by atoms with Gasteiger partial charge in [0.15, 0.2) is 28.0 Å². The molecule has 11 amide bonds. The van der Waals surface area contributed by atoms with Gasteiger partial charge in [0.25, 0.3) is 47.3 Å². The van der Waals surface area contributed by atoms with Crippen LogP contribution in [0, 0.1) is 0 Å². The van der Waals surface area contributed by atoms with E-state index in [1.165, 1.54) is 107 Å². The van der Waals surface area contributed by atoms with Crippen molar-refractivity contribution in [2.24, 2.45) is 49.3 Å². The molecule has 0 saturated heterocycles. The number of amides is 11. The number of aromatic amines is 1. The van der Waals surface area contributed by atoms with Crippen molar-refractivity contribution >= 4 is 156 Å². The van der Waals surface area contributed by atoms with E-state index in [4.69, 9.17) is 16.6 Å². The number of unbranched alkanes of at least 4 members (excludes halogenated alkanes) is 3. The molecule has 9 aromatic heterocycles. The zero-order chi connectivity index (χ0) is 99.5. The topological polar surface area (TPSA) is 529 Å². The number of anilines is 8. The number of nitrogens with zero attached hydrogens (tertiary/aromatic N) is 12. The van der Waals surface area contributed by atoms with Gasteiger partial charge in [0.1, 0.15) is 45.6 Å². The predicted molar refractivity (Wildman–Crippen MR) is 530 cm³/mol. The van der Waals surface area contributed by atoms with Crippen LogP contribution in [0.15, 0.2) is 180 Å². The molecule has 0 atom stereocenters. The predicted octanol–water partition coefficient (Wildman–Crippen LogP) is 10.1. The van der Waals surface area contributed by atoms with Crippen molar-refractivity contribution < 1.29 is 72.2 Å². The molecule has 0 spiro atoms. The number of thiocarbonyl (C=S) groups is 1. The lowest BCUT2D eigenvalue weighted by atomic mass is 9.90. The molecule has 140 heavy (non-hydrogen) atoms. The highest BCUT2D eigenvalue weighted by Gasteiger charge is 2.28. The number of aromatic nitrogens is 12. The minimum absolute atomic E-state index is 0.00849. The number of imidazole rings is 3. The van der Waals surface area contributed by atoms with Gasteiger partial charge < -0.3 is 130 Å². The Morgan fingerprint density at radius 3 is 1.53 bits per heavy atom. The number of fused-ring (bicyclic) bond motifs is 3. The van der Waals surface area contributed by atoms with Crippen molar-refractivity contribution in [1.29, 1.82) is 0 Å². The Bertz CT molecular complexity index is 7090. The molecule has 1 aliphatic heterocycles. The summed E-state index contributed by atoms with van der Waals surface area (Å²) < 4.78 is 18.1. The van der Waals surface area contributed by atoms with Crippen molar-refractivity contribution in [3.8, 4) is 28.2 Å². The molecule has 728 valence electrons. The normalized spacial score (nSPS) is 11.2. The van der Waals surface area contributed by atoms with Crippen molar-refractivity contribution in [3.63, 3.8) is 0 Å². The summed E-state index contributed by atoms with van der Waals surface area (Å²) in [6, 6.07) is 29.1. The van der Waals surface area contributed by atoms with Gasteiger partial charge in [-0.3, -0.25) is 57.5 Å². The number of phenols is 1. The zero-order valence-corrected chi connectivity index (χ0v) is 79.0. The first kappa shape index (κ1) is 99.0. The standard InChI is InChI=1S/C97H108N26O16S/c1-115(38-17-34-103-97(140)110-58-24-27-67(70(41-58)96(137)138)84-68-28-25-64(124)47-77(68)139-78-48-65(125)26-29-69(78)84)37-16-33-102-89(130)73-42-59(50-117(73)3)105-90(131)74-44-61(52-119(74)5)106-91(132)75-45-62(53-120(75)6)108-94(135)86-112-79(55-121(86)7)111-83(128)23-15-31-101-88(129)72-43-60(51-118(72)4)107-92(133)76-46-63(109-95(136)87-113-80(56-122(87)8)114-93(134)85-100-36-40-116(85)2)54-123(76)39-18-32-98-81(126)21-11-9-10-12-22-82(127)99-35-30-57-49-104-71-20-14-13-19-66(57)71/h13-14,19-20,24-29,36,40-56,104,124H,9-12,15-18,21-23,30-35,37-39H2,1-8H3,(H,98,126)(H,99,127)(H,101,129)(H,102,130)(H,105,131)(H,106,132)(H,107,133)(H,108,135)(H,109,136)(H,111,128)(H,114,134)(H,137,138)(H2,103,110,140). The van der Waals surface area contributed by atoms with Crippen molar-refractivity contribution in [1.82, 2.24) is 88.0 Å². The zero-order valence-electron chi connectivity index (χ0n) is 78.2. The molecule has 0 saturated carbocycles. The average molecular weight is 1930 g/mol. The monoisotopic (exact) mass is 1920 g/mol. The lowest BCUT2D eigenvalue weighted by Crippen LogP contribution is -2.32. The van der Waals surface area contributed by atoms with Gasteiger partial charge in [0.05, 0.1) is 34.0 Å². The average Bonchev–Trinajstić information content (AvgIpc) is 1.14. The molecule has 43 heteroatoms. The molecule has 0 unspecified atom stereocenters. The minimum atomic E-state index is -1.19. The van der Waals surface area contributed by atoms with Crippen LogP contribution < -0.4 is 74.5 Å². The van der Waals surface area contributed by atoms with Crippen LogP contribution in [0.1, 0.15) is 171 Å². The summed E-state index contributed by atoms with van der Waals surface area (Å²) in [5, 5.41) is 59.8. The Labute approximate surface area is 806 Å². The Morgan fingerprint density at radius 1 is 0.436 bits per heavy atom. The lowest BCUT2D eigenvalue weighted by Gasteiger charge is -2.18. The first-order valence-corrected chi connectivity index (χ1v) is 45.7. The highest BCUT2D eigenvalue weighted by molar-refractivity contribution is 7.80. The molecule has 10 heterocycles. The third-order valence-corrected chi connectivity index (χ3v) is 23.5. The summed E-state index contributed by atoms with van der Waals surface area (Å²) >= 11 is 5.56. The summed E-state index contributed by atoms with van der Waals surface area (Å²) in [5.41, 5.74) is 6.31. The number of nitrogens with one attached hydrogen (secondary N) is 14. The number of para-hydroxylation sites is 1. The number of carboxylic acid groups (broad SMARTS) is 1. The second kappa shape index (κ2) is 45.1. The number of aryl methyl sites for hydroxylation is 8. The fourth-order valence-corrected chi connectivity index (χ4v) is 16.4. The highest BCUT2D eigenvalue weighted by Crippen LogP contribution is 2.43. The van der Waals surface area contributed by atoms with Crippen LogP contribution >= 0.6 is 12.2 Å². The summed E-state index contributed by atoms with van der Waals surface area (Å²) in [6.07, 6.45) is 21.9. The number of aromatic carboxylic acids is 1. The van der Waals surface area contributed by atoms with E-state index in [0.29, 0.717) is 117 Å². The molecule has 2 aliphatic rings. The van der Waals surface area contributed by atoms with Gasteiger partial charge in [-0.15, -0.1) is 0 Å². The van der Waals surface area contributed by atoms with Gasteiger partial charge in [-0.1, -0.05) is 37.1 Å². The van der Waals surface area contributed by atoms with Crippen LogP contribution in [0.5, 0.6) is 5.75 Å². The maximum atomic E-state index is 14.2. The van der Waals surface area contributed by atoms with Crippen molar-refractivity contribution in [2.45, 2.75) is 83.6 Å². The van der Waals surface area contributed by atoms with Crippen LogP contribution in [0.25, 0.3) is 44.3 Å². The summed E-state index contributed by atoms with van der Waals surface area (Å²) in [5.74, 6) is -5.85. The van der Waals surface area contributed by atoms with Crippen LogP contribution in [-0.4, -0.2) is 201 Å². The van der Waals surface area contributed by atoms with E-state index in [-0.39, 0.29) is 158 Å². The number of benzene rings is 4. The molecule has 3 aromatic carbocycles. The van der Waals surface area contributed by atoms with Gasteiger partial charge in [-0.25, -0.2) is 19.7 Å². The Balaban J connectivity index is 0.483. The number of rotatable bonds is 44. The van der Waals surface area contributed by atoms with Crippen LogP contribution in [-0.2, 0) is 76.7 Å². The molecule has 0 radical (unpaired) electrons. The molecule has 0 bridgehead atoms. The number of carbonyl (C=O) groups is 12. The van der Waals surface area contributed by atoms with E-state index < -0.39 is 53.2 Å². The lowest BCUT2D eigenvalue weighted by molar-refractivity contribution is -0.122. The number of hydrogen-bond donors (Lipinski definition) is 16. The third-order valence-electron chi connectivity index (χ3n) is 23.2. The number of hydrogen-bond acceptors (Lipinski definition) is 20. The number of H-pyrrole nitrogens is 1. The van der Waals surface area contributed by atoms with Gasteiger partial charge in [-0.05, 0) is 161 Å². The number of carboxylic acids is 1. The SMILES string of the molecule is CN(CCCNC(=O)c1cc(NC(=O)c2cc(NC(=O)c3cc(NC(=O)c4nc(NC(=O)CCCNC(=O)c5cc(NC(=O)c6cc(NC(=O)c7nc(NC(=O)c8nccn8C)cn7C)cn6CCCNC(=O)CCCCCCC(=O)NCCc6c[nH]c7ccccc67)cn5C)cn4C)cn3C)cn2C)cn1C)CCCNC(=S)Nc1ccc(-c2c3ccc(=O)cc-3oc3cc(O)ccc23)c(C(=O)O)c1. The Kier molecular flexibility index (Phi) is 31.9. The summed E-state index contributed by atoms with van der Waals surface area (Å²) in [6.45, 7) is 3.33. The minimum Gasteiger partial charge on any atom is -0.508 e. The number of aromatic hydroxyl groups is 1. The van der Waals surface area contributed by atoms with Gasteiger partial charge >= 0.3 is 5.97 Å². The van der Waals surface area contributed by atoms with Crippen LogP contribution in [0.4, 0.5) is 45.8 Å². The molecule has 16 N–H and O–H groups in total. The van der Waals surface area contributed by atoms with E-state index in [9.17, 15) is 72.5 Å². The largest absolute Gasteiger partial charge is 0.508 e. The van der Waals surface area contributed by atoms with Gasteiger partial charge in [-0.2, -0.15) is 0 Å². The van der Waals surface area contributed by atoms with Crippen LogP contribution in [0.2, 0.25) is 0 Å². The molecule has 1 aliphatic carbocycles. The quantitative estimate of drug-likeness (QED) is 0.00958. The fourth-order valence-electron chi connectivity index (χ4n) is 16.2. The highest BCUT2D eigenvalue weighted by atomic mass is 32.1. The molecular formula is C97H108N26O16S. The van der Waals surface area contributed by atoms with Gasteiger partial charge in [0.2, 0.25) is 29.4 Å². The molecule has 14 rings (SSSR count). The third kappa shape index (κ3) is 25.2. The van der Waals surface area contributed by atoms with E-state index in [1.54, 1.807) is 120 Å². The number of carbonyl (C=O) groups excluding carboxylic acids is 11. The maximum absolute atomic E-state index is 14.2. The van der Waals surface area contributed by atoms with Crippen molar-refractivity contribution in [3.05, 3.63) is 238 Å². The Hall–Kier alpha value is -17.0. The van der Waals surface area contributed by atoms with E-state index >= 15 is 0 Å². The van der Waals surface area contributed by atoms with E-state index in [0.717, 1.165) is 35.7 Å².